The number of pyridine rings is 1. The van der Waals surface area contributed by atoms with Crippen molar-refractivity contribution in [2.75, 3.05) is 37.1 Å². The first kappa shape index (κ1) is 56.1. The molecular formula is C49H45BrF8N3O6Ru. The number of anilines is 2. The minimum atomic E-state index is -2.05. The van der Waals surface area contributed by atoms with Crippen LogP contribution >= 0.6 is 15.9 Å². The number of rotatable bonds is 5. The first-order valence-electron chi connectivity index (χ1n) is 19.9. The van der Waals surface area contributed by atoms with Gasteiger partial charge in [-0.25, -0.2) is 32.1 Å². The van der Waals surface area contributed by atoms with Gasteiger partial charge >= 0.3 is 70.3 Å². The molecule has 363 valence electrons. The molecule has 5 aromatic carbocycles. The molecule has 0 radical (unpaired) electrons. The summed E-state index contributed by atoms with van der Waals surface area (Å²) in [6.07, 6.45) is 1.74. The number of esters is 2. The fraction of sp³-hybridized carbons (Fsp3) is 0.204. The molecule has 1 fully saturated rings. The zero-order chi connectivity index (χ0) is 51.2. The molecule has 0 atom stereocenters. The number of aryl methyl sites for hydroxylation is 6. The molecule has 2 heterocycles. The normalized spacial score (nSPS) is 11.4. The molecular weight excluding hydrogens is 1060 g/mol. The Hall–Kier alpha value is -6.20. The second-order valence-electron chi connectivity index (χ2n) is 14.6. The van der Waals surface area contributed by atoms with Gasteiger partial charge in [-0.3, -0.25) is 0 Å². The van der Waals surface area contributed by atoms with E-state index in [0.29, 0.717) is 0 Å². The molecule has 1 aromatic heterocycles. The summed E-state index contributed by atoms with van der Waals surface area (Å²) in [6, 6.07) is 25.0. The number of benzene rings is 5. The molecule has 0 aliphatic carbocycles. The van der Waals surface area contributed by atoms with Gasteiger partial charge in [0.25, 0.3) is 0 Å². The Kier molecular flexibility index (Phi) is 21.3. The fourth-order valence-corrected chi connectivity index (χ4v) is 7.36. The Morgan fingerprint density at radius 2 is 0.941 bits per heavy atom. The van der Waals surface area contributed by atoms with Crippen LogP contribution in [0.1, 0.15) is 59.7 Å². The Balaban J connectivity index is 0.000000240. The van der Waals surface area contributed by atoms with E-state index in [2.05, 4.69) is 143 Å². The SMILES string of the molecule is Brc1ccccn1.COC(=O)c1c(F)c(F)c(O)c(F)c1F.COC(=O)c1c(F)c(F)c(O)c(F)c1F.Cc1cc(C)c(N2[CH-]N(c3c(C)cc(C)cc3C)CC2)c(C)c1.[Ru+]=[CH]c1ccccc1. The van der Waals surface area contributed by atoms with Crippen LogP contribution in [-0.2, 0) is 27.3 Å². The van der Waals surface area contributed by atoms with Gasteiger partial charge in [-0.1, -0.05) is 41.5 Å². The van der Waals surface area contributed by atoms with Crippen LogP contribution in [0.4, 0.5) is 46.5 Å². The third-order valence-corrected chi connectivity index (χ3v) is 10.6. The molecule has 2 N–H and O–H groups in total. The van der Waals surface area contributed by atoms with E-state index in [9.17, 15) is 44.7 Å². The predicted octanol–water partition coefficient (Wildman–Crippen LogP) is 11.7. The maximum atomic E-state index is 12.9. The van der Waals surface area contributed by atoms with E-state index in [0.717, 1.165) is 31.9 Å². The van der Waals surface area contributed by atoms with E-state index in [4.69, 9.17) is 10.2 Å². The van der Waals surface area contributed by atoms with E-state index in [1.807, 2.05) is 41.0 Å². The van der Waals surface area contributed by atoms with Crippen LogP contribution in [0.25, 0.3) is 0 Å². The zero-order valence-electron chi connectivity index (χ0n) is 37.7. The van der Waals surface area contributed by atoms with Crippen LogP contribution in [0.5, 0.6) is 11.5 Å². The van der Waals surface area contributed by atoms with Gasteiger partial charge in [0.05, 0.1) is 14.2 Å². The van der Waals surface area contributed by atoms with E-state index in [1.54, 1.807) is 6.20 Å². The molecule has 7 rings (SSSR count). The van der Waals surface area contributed by atoms with Gasteiger partial charge in [-0.2, -0.15) is 24.2 Å². The standard InChI is InChI=1S/C21H27N2.2C8H4F4O3.C7H6.C5H4BrN.Ru/c1-14-9-16(3)20(17(4)10-14)22-7-8-23(13-22)21-18(5)11-15(2)12-19(21)6;2*1-15-8(14)2-3(9)5(11)7(13)6(12)4(2)10;1-7-5-3-2-4-6-7;6-5-3-1-2-4-7-5;/h9-13H,7-8H2,1-6H3;2*13H,1H3;1-6H;1-4H;/q-1;;;;;+1. The van der Waals surface area contributed by atoms with Gasteiger partial charge in [-0.15, -0.1) is 0 Å². The monoisotopic (exact) mass is 1100 g/mol. The number of aromatic hydroxyl groups is 2. The molecule has 0 saturated carbocycles. The predicted molar refractivity (Wildman–Crippen MR) is 242 cm³/mol. The van der Waals surface area contributed by atoms with Gasteiger partial charge in [-0.05, 0) is 91.9 Å². The van der Waals surface area contributed by atoms with Crippen molar-refractivity contribution in [1.29, 1.82) is 0 Å². The van der Waals surface area contributed by atoms with Crippen LogP contribution in [0.2, 0.25) is 0 Å². The van der Waals surface area contributed by atoms with Crippen molar-refractivity contribution in [3.8, 4) is 11.5 Å². The molecule has 0 bridgehead atoms. The Morgan fingerprint density at radius 3 is 1.19 bits per heavy atom. The van der Waals surface area contributed by atoms with E-state index in [1.165, 1.54) is 50.3 Å². The summed E-state index contributed by atoms with van der Waals surface area (Å²) < 4.78 is 113. The van der Waals surface area contributed by atoms with Gasteiger partial charge in [0.1, 0.15) is 15.7 Å². The van der Waals surface area contributed by atoms with Crippen LogP contribution in [-0.4, -0.2) is 59.1 Å². The topological polar surface area (TPSA) is 112 Å². The summed E-state index contributed by atoms with van der Waals surface area (Å²) in [5.74, 6) is -23.0. The van der Waals surface area contributed by atoms with Crippen LogP contribution in [0.3, 0.4) is 0 Å². The average Bonchev–Trinajstić information content (AvgIpc) is 3.78. The van der Waals surface area contributed by atoms with Crippen molar-refractivity contribution >= 4 is 43.9 Å². The number of carbonyl (C=O) groups is 2. The van der Waals surface area contributed by atoms with Crippen LogP contribution in [0, 0.1) is 94.7 Å². The molecule has 6 aromatic rings. The molecule has 1 saturated heterocycles. The third kappa shape index (κ3) is 14.2. The van der Waals surface area contributed by atoms with Crippen LogP contribution in [0.15, 0.2) is 83.6 Å². The first-order valence-corrected chi connectivity index (χ1v) is 21.7. The van der Waals surface area contributed by atoms with Gasteiger partial charge in [0, 0.05) is 30.7 Å². The summed E-state index contributed by atoms with van der Waals surface area (Å²) in [5.41, 5.74) is 9.04. The van der Waals surface area contributed by atoms with Gasteiger partial charge in [0.15, 0.2) is 34.8 Å². The van der Waals surface area contributed by atoms with E-state index < -0.39 is 81.1 Å². The number of aromatic nitrogens is 1. The number of hydrogen-bond acceptors (Lipinski definition) is 9. The second kappa shape index (κ2) is 25.8. The van der Waals surface area contributed by atoms with Crippen molar-refractivity contribution in [3.63, 3.8) is 0 Å². The van der Waals surface area contributed by atoms with Crippen molar-refractivity contribution < 1.29 is 82.2 Å². The van der Waals surface area contributed by atoms with E-state index >= 15 is 0 Å². The number of methoxy groups -OCH3 is 2. The van der Waals surface area contributed by atoms with Crippen molar-refractivity contribution in [1.82, 2.24) is 4.98 Å². The molecule has 1 aliphatic heterocycles. The van der Waals surface area contributed by atoms with Gasteiger partial charge < -0.3 is 29.5 Å². The number of halogens is 9. The molecule has 0 unspecified atom stereocenters. The maximum absolute atomic E-state index is 12.9. The van der Waals surface area contributed by atoms with Crippen LogP contribution < -0.4 is 9.80 Å². The number of phenols is 2. The van der Waals surface area contributed by atoms with Crippen molar-refractivity contribution in [3.05, 3.63) is 187 Å². The number of phenolic OH excluding ortho intramolecular Hbond substituents is 2. The zero-order valence-corrected chi connectivity index (χ0v) is 41.0. The fourth-order valence-electron chi connectivity index (χ4n) is 6.75. The Bertz CT molecular complexity index is 2510. The Morgan fingerprint density at radius 1 is 0.603 bits per heavy atom. The molecule has 1 aliphatic rings. The summed E-state index contributed by atoms with van der Waals surface area (Å²) in [6.45, 7) is 17.6. The number of carbonyl (C=O) groups excluding carboxylic acids is 2. The number of nitrogens with zero attached hydrogens (tertiary/aromatic N) is 3. The number of hydrogen-bond donors (Lipinski definition) is 2. The summed E-state index contributed by atoms with van der Waals surface area (Å²) >= 11 is 5.68. The molecule has 19 heteroatoms. The molecule has 0 spiro atoms. The molecule has 68 heavy (non-hydrogen) atoms. The summed E-state index contributed by atoms with van der Waals surface area (Å²) in [4.78, 5) is 30.2. The first-order chi connectivity index (χ1) is 32.0. The minimum absolute atomic E-state index is 0.782. The van der Waals surface area contributed by atoms with Crippen molar-refractivity contribution in [2.24, 2.45) is 0 Å². The Labute approximate surface area is 406 Å². The third-order valence-electron chi connectivity index (χ3n) is 9.51. The average molecular weight is 1100 g/mol. The van der Waals surface area contributed by atoms with E-state index in [-0.39, 0.29) is 0 Å². The summed E-state index contributed by atoms with van der Waals surface area (Å²) in [7, 11) is 1.56. The molecule has 9 nitrogen and oxygen atoms in total. The van der Waals surface area contributed by atoms with Crippen molar-refractivity contribution in [2.45, 2.75) is 41.5 Å². The molecule has 0 amide bonds. The quantitative estimate of drug-likeness (QED) is 0.0435. The number of ether oxygens (including phenoxy) is 2. The summed E-state index contributed by atoms with van der Waals surface area (Å²) in [5, 5.41) is 17.1. The second-order valence-corrected chi connectivity index (χ2v) is 15.9. The van der Waals surface area contributed by atoms with Gasteiger partial charge in [0.2, 0.25) is 23.3 Å².